The molecule has 2 aliphatic heterocycles. The number of rotatable bonds is 7. The molecule has 9 nitrogen and oxygen atoms in total. The molecule has 10 heteroatoms. The Kier molecular flexibility index (Phi) is 6.96. The summed E-state index contributed by atoms with van der Waals surface area (Å²) in [5.74, 6) is 1.71. The largest absolute Gasteiger partial charge is 0.497 e. The molecule has 0 unspecified atom stereocenters. The van der Waals surface area contributed by atoms with Crippen LogP contribution in [0.3, 0.4) is 0 Å². The minimum absolute atomic E-state index is 0.168. The zero-order chi connectivity index (χ0) is 26.2. The summed E-state index contributed by atoms with van der Waals surface area (Å²) < 4.78 is 41.3. The van der Waals surface area contributed by atoms with Gasteiger partial charge in [0.2, 0.25) is 11.8 Å². The Morgan fingerprint density at radius 1 is 1.03 bits per heavy atom. The van der Waals surface area contributed by atoms with Crippen LogP contribution in [0.4, 0.5) is 11.6 Å². The number of hydrogen-bond acceptors (Lipinski definition) is 8. The smallest absolute Gasteiger partial charge is 0.265 e. The molecular formula is C27H33N5O4S. The first kappa shape index (κ1) is 25.3. The van der Waals surface area contributed by atoms with Crippen LogP contribution >= 0.6 is 0 Å². The van der Waals surface area contributed by atoms with E-state index in [4.69, 9.17) is 9.47 Å². The molecule has 196 valence electrons. The van der Waals surface area contributed by atoms with Crippen molar-refractivity contribution in [1.82, 2.24) is 14.9 Å². The summed E-state index contributed by atoms with van der Waals surface area (Å²) in [5.41, 5.74) is 2.96. The first-order chi connectivity index (χ1) is 17.8. The fraction of sp³-hybridized carbons (Fsp3) is 0.407. The summed E-state index contributed by atoms with van der Waals surface area (Å²) in [6.07, 6.45) is 2.25. The van der Waals surface area contributed by atoms with Crippen molar-refractivity contribution in [3.05, 3.63) is 65.4 Å². The summed E-state index contributed by atoms with van der Waals surface area (Å²) >= 11 is 0. The number of para-hydroxylation sites is 1. The van der Waals surface area contributed by atoms with Gasteiger partial charge >= 0.3 is 0 Å². The third kappa shape index (κ3) is 4.95. The van der Waals surface area contributed by atoms with Crippen LogP contribution in [0.1, 0.15) is 16.7 Å². The van der Waals surface area contributed by atoms with Crippen LogP contribution in [0.2, 0.25) is 0 Å². The summed E-state index contributed by atoms with van der Waals surface area (Å²) in [5, 5.41) is 0. The molecule has 1 aromatic heterocycles. The number of aromatic nitrogens is 2. The van der Waals surface area contributed by atoms with Crippen LogP contribution < -0.4 is 18.7 Å². The second-order valence-electron chi connectivity index (χ2n) is 9.67. The summed E-state index contributed by atoms with van der Waals surface area (Å²) in [7, 11) is -0.189. The Morgan fingerprint density at radius 2 is 1.73 bits per heavy atom. The van der Waals surface area contributed by atoms with Gasteiger partial charge in [-0.3, -0.25) is 4.31 Å². The Bertz CT molecular complexity index is 1370. The van der Waals surface area contributed by atoms with E-state index >= 15 is 0 Å². The molecule has 3 heterocycles. The highest BCUT2D eigenvalue weighted by atomic mass is 32.2. The van der Waals surface area contributed by atoms with Gasteiger partial charge in [-0.2, -0.15) is 4.98 Å². The minimum atomic E-state index is -3.87. The fourth-order valence-corrected chi connectivity index (χ4v) is 7.26. The number of fused-ring (bicyclic) bond motifs is 1. The quantitative estimate of drug-likeness (QED) is 0.467. The van der Waals surface area contributed by atoms with E-state index in [1.165, 1.54) is 4.31 Å². The average molecular weight is 524 g/mol. The van der Waals surface area contributed by atoms with Crippen molar-refractivity contribution in [3.63, 3.8) is 0 Å². The molecule has 5 rings (SSSR count). The lowest BCUT2D eigenvalue weighted by atomic mass is 10.1. The van der Waals surface area contributed by atoms with E-state index in [1.54, 1.807) is 45.4 Å². The van der Waals surface area contributed by atoms with Crippen molar-refractivity contribution in [1.29, 1.82) is 0 Å². The second-order valence-corrected chi connectivity index (χ2v) is 11.4. The number of aryl methyl sites for hydroxylation is 2. The molecular weight excluding hydrogens is 490 g/mol. The van der Waals surface area contributed by atoms with Crippen LogP contribution in [0.25, 0.3) is 0 Å². The highest BCUT2D eigenvalue weighted by molar-refractivity contribution is 7.93. The van der Waals surface area contributed by atoms with Crippen molar-refractivity contribution < 1.29 is 17.9 Å². The number of ether oxygens (including phenoxy) is 2. The Morgan fingerprint density at radius 3 is 2.43 bits per heavy atom. The average Bonchev–Trinajstić information content (AvgIpc) is 3.27. The van der Waals surface area contributed by atoms with E-state index < -0.39 is 16.1 Å². The molecule has 1 fully saturated rings. The number of nitrogens with zero attached hydrogens (tertiary/aromatic N) is 5. The van der Waals surface area contributed by atoms with E-state index in [-0.39, 0.29) is 6.61 Å². The molecule has 37 heavy (non-hydrogen) atoms. The second kappa shape index (κ2) is 10.2. The lowest BCUT2D eigenvalue weighted by molar-refractivity contribution is 0.280. The number of methoxy groups -OCH3 is 1. The van der Waals surface area contributed by atoms with E-state index in [0.29, 0.717) is 45.7 Å². The van der Waals surface area contributed by atoms with E-state index in [1.807, 2.05) is 24.3 Å². The minimum Gasteiger partial charge on any atom is -0.497 e. The van der Waals surface area contributed by atoms with Gasteiger partial charge in [0, 0.05) is 38.4 Å². The van der Waals surface area contributed by atoms with Gasteiger partial charge in [-0.1, -0.05) is 18.2 Å². The van der Waals surface area contributed by atoms with Crippen LogP contribution in [-0.4, -0.2) is 76.3 Å². The molecule has 0 amide bonds. The summed E-state index contributed by atoms with van der Waals surface area (Å²) in [6, 6.07) is 12.5. The summed E-state index contributed by atoms with van der Waals surface area (Å²) in [4.78, 5) is 13.8. The highest BCUT2D eigenvalue weighted by Gasteiger charge is 2.40. The van der Waals surface area contributed by atoms with Gasteiger partial charge in [0.15, 0.2) is 0 Å². The van der Waals surface area contributed by atoms with Gasteiger partial charge in [-0.05, 0) is 62.2 Å². The highest BCUT2D eigenvalue weighted by Crippen LogP contribution is 2.39. The molecule has 0 radical (unpaired) electrons. The van der Waals surface area contributed by atoms with E-state index in [0.717, 1.165) is 31.7 Å². The summed E-state index contributed by atoms with van der Waals surface area (Å²) in [6.45, 7) is 7.38. The maximum absolute atomic E-state index is 14.1. The standard InChI is InChI=1S/C27H33N5O4S/c1-19-15-23(35-4)16-20(2)26(19)37(33,34)32-22(17-21-7-5-6-8-24(21)32)18-36-25-9-10-28-27(29-25)31-13-11-30(3)12-14-31/h5-10,15-16,22H,11-14,17-18H2,1-4H3/t22-/m0/s1. The van der Waals surface area contributed by atoms with Crippen molar-refractivity contribution >= 4 is 21.7 Å². The van der Waals surface area contributed by atoms with Crippen LogP contribution in [-0.2, 0) is 16.4 Å². The fourth-order valence-electron chi connectivity index (χ4n) is 5.17. The number of likely N-dealkylation sites (N-methyl/N-ethyl adjacent to an activating group) is 1. The van der Waals surface area contributed by atoms with Gasteiger partial charge in [0.25, 0.3) is 10.0 Å². The normalized spacial score (nSPS) is 18.1. The third-order valence-corrected chi connectivity index (χ3v) is 9.20. The lowest BCUT2D eigenvalue weighted by Crippen LogP contribution is -2.45. The Balaban J connectivity index is 1.42. The molecule has 3 aromatic rings. The van der Waals surface area contributed by atoms with Crippen molar-refractivity contribution in [2.45, 2.75) is 31.2 Å². The molecule has 0 aliphatic carbocycles. The number of benzene rings is 2. The zero-order valence-electron chi connectivity index (χ0n) is 21.7. The van der Waals surface area contributed by atoms with Gasteiger partial charge < -0.3 is 19.3 Å². The van der Waals surface area contributed by atoms with Crippen molar-refractivity contribution in [2.24, 2.45) is 0 Å². The van der Waals surface area contributed by atoms with Crippen LogP contribution in [0, 0.1) is 13.8 Å². The number of anilines is 2. The van der Waals surface area contributed by atoms with Crippen molar-refractivity contribution in [2.75, 3.05) is 56.1 Å². The monoisotopic (exact) mass is 523 g/mol. The zero-order valence-corrected chi connectivity index (χ0v) is 22.5. The Hall–Kier alpha value is -3.37. The van der Waals surface area contributed by atoms with Crippen LogP contribution in [0.5, 0.6) is 11.6 Å². The Labute approximate surface area is 218 Å². The first-order valence-corrected chi connectivity index (χ1v) is 13.9. The van der Waals surface area contributed by atoms with E-state index in [2.05, 4.69) is 26.8 Å². The molecule has 1 atom stereocenters. The third-order valence-electron chi connectivity index (χ3n) is 7.03. The topological polar surface area (TPSA) is 88.1 Å². The van der Waals surface area contributed by atoms with E-state index in [9.17, 15) is 8.42 Å². The van der Waals surface area contributed by atoms with Gasteiger partial charge in [0.1, 0.15) is 12.4 Å². The predicted octanol–water partition coefficient (Wildman–Crippen LogP) is 3.05. The van der Waals surface area contributed by atoms with Crippen LogP contribution in [0.15, 0.2) is 53.6 Å². The molecule has 0 bridgehead atoms. The maximum atomic E-state index is 14.1. The van der Waals surface area contributed by atoms with Gasteiger partial charge in [0.05, 0.1) is 23.7 Å². The molecule has 1 saturated heterocycles. The van der Waals surface area contributed by atoms with Gasteiger partial charge in [-0.25, -0.2) is 13.4 Å². The number of sulfonamides is 1. The number of hydrogen-bond donors (Lipinski definition) is 0. The SMILES string of the molecule is COc1cc(C)c(S(=O)(=O)N2c3ccccc3C[C@H]2COc2ccnc(N3CCN(C)CC3)n2)c(C)c1. The predicted molar refractivity (Wildman–Crippen MR) is 143 cm³/mol. The van der Waals surface area contributed by atoms with Crippen molar-refractivity contribution in [3.8, 4) is 11.6 Å². The lowest BCUT2D eigenvalue weighted by Gasteiger charge is -2.32. The molecule has 2 aliphatic rings. The number of piperazine rings is 1. The first-order valence-electron chi connectivity index (χ1n) is 12.4. The molecule has 0 spiro atoms. The van der Waals surface area contributed by atoms with Gasteiger partial charge in [-0.15, -0.1) is 0 Å². The molecule has 0 saturated carbocycles. The maximum Gasteiger partial charge on any atom is 0.265 e. The molecule has 0 N–H and O–H groups in total. The molecule has 2 aromatic carbocycles.